The molecule has 1 unspecified atom stereocenters. The smallest absolute Gasteiger partial charge is 0.0363 e. The number of aryl methyl sites for hydroxylation is 1. The van der Waals surface area contributed by atoms with Crippen molar-refractivity contribution in [3.05, 3.63) is 29.8 Å². The van der Waals surface area contributed by atoms with E-state index >= 15 is 0 Å². The Morgan fingerprint density at radius 2 is 1.76 bits per heavy atom. The van der Waals surface area contributed by atoms with E-state index in [1.165, 1.54) is 17.7 Å². The molecule has 1 atom stereocenters. The molecule has 0 aliphatic rings. The Bertz CT molecular complexity index is 397. The molecular formula is C19H34N2. The molecule has 0 aliphatic carbocycles. The molecule has 0 bridgehead atoms. The van der Waals surface area contributed by atoms with Crippen molar-refractivity contribution in [1.29, 1.82) is 0 Å². The van der Waals surface area contributed by atoms with Gasteiger partial charge in [0.15, 0.2) is 0 Å². The summed E-state index contributed by atoms with van der Waals surface area (Å²) >= 11 is 0. The molecule has 0 saturated carbocycles. The Hall–Kier alpha value is -1.02. The number of nitrogens with one attached hydrogen (secondary N) is 1. The van der Waals surface area contributed by atoms with Crippen LogP contribution in [-0.4, -0.2) is 26.7 Å². The second-order valence-electron chi connectivity index (χ2n) is 7.07. The molecule has 21 heavy (non-hydrogen) atoms. The summed E-state index contributed by atoms with van der Waals surface area (Å²) in [5.41, 5.74) is 3.03. The van der Waals surface area contributed by atoms with Gasteiger partial charge < -0.3 is 10.2 Å². The van der Waals surface area contributed by atoms with Gasteiger partial charge in [-0.25, -0.2) is 0 Å². The summed E-state index contributed by atoms with van der Waals surface area (Å²) in [6.45, 7) is 14.7. The van der Waals surface area contributed by atoms with E-state index in [1.54, 1.807) is 0 Å². The fourth-order valence-corrected chi connectivity index (χ4v) is 2.61. The van der Waals surface area contributed by atoms with E-state index in [4.69, 9.17) is 0 Å². The molecule has 120 valence electrons. The first kappa shape index (κ1) is 18.0. The van der Waals surface area contributed by atoms with Gasteiger partial charge in [0.1, 0.15) is 0 Å². The van der Waals surface area contributed by atoms with Crippen LogP contribution in [0.2, 0.25) is 0 Å². The van der Waals surface area contributed by atoms with E-state index in [1.807, 2.05) is 0 Å². The third kappa shape index (κ3) is 6.09. The molecule has 1 aromatic carbocycles. The lowest BCUT2D eigenvalue weighted by Crippen LogP contribution is -2.41. The second kappa shape index (κ2) is 8.43. The number of benzene rings is 1. The normalized spacial score (nSPS) is 14.2. The fraction of sp³-hybridized carbons (Fsp3) is 0.684. The molecule has 1 aromatic rings. The van der Waals surface area contributed by atoms with Crippen LogP contribution in [0.1, 0.15) is 46.6 Å². The van der Waals surface area contributed by atoms with Crippen molar-refractivity contribution in [2.45, 2.75) is 47.5 Å². The zero-order valence-corrected chi connectivity index (χ0v) is 14.9. The van der Waals surface area contributed by atoms with Crippen molar-refractivity contribution in [2.24, 2.45) is 11.3 Å². The van der Waals surface area contributed by atoms with Crippen LogP contribution in [0.3, 0.4) is 0 Å². The molecule has 1 N–H and O–H groups in total. The second-order valence-corrected chi connectivity index (χ2v) is 7.07. The topological polar surface area (TPSA) is 15.3 Å². The van der Waals surface area contributed by atoms with Crippen molar-refractivity contribution in [2.75, 3.05) is 31.6 Å². The van der Waals surface area contributed by atoms with E-state index in [-0.39, 0.29) is 0 Å². The molecule has 0 amide bonds. The Morgan fingerprint density at radius 3 is 2.24 bits per heavy atom. The van der Waals surface area contributed by atoms with Crippen molar-refractivity contribution in [1.82, 2.24) is 5.32 Å². The number of nitrogens with zero attached hydrogens (tertiary/aromatic N) is 1. The first-order valence-corrected chi connectivity index (χ1v) is 8.41. The van der Waals surface area contributed by atoms with E-state index in [0.29, 0.717) is 11.3 Å². The first-order valence-electron chi connectivity index (χ1n) is 8.41. The Labute approximate surface area is 131 Å². The summed E-state index contributed by atoms with van der Waals surface area (Å²) in [6, 6.07) is 8.98. The zero-order chi connectivity index (χ0) is 15.9. The van der Waals surface area contributed by atoms with Gasteiger partial charge in [-0.2, -0.15) is 0 Å². The van der Waals surface area contributed by atoms with Gasteiger partial charge in [-0.1, -0.05) is 46.8 Å². The van der Waals surface area contributed by atoms with Gasteiger partial charge in [-0.15, -0.1) is 0 Å². The van der Waals surface area contributed by atoms with Crippen LogP contribution in [0.25, 0.3) is 0 Å². The third-order valence-corrected chi connectivity index (χ3v) is 4.36. The van der Waals surface area contributed by atoms with Gasteiger partial charge in [0, 0.05) is 25.8 Å². The minimum absolute atomic E-state index is 0.313. The number of hydrogen-bond donors (Lipinski definition) is 1. The molecule has 0 saturated heterocycles. The summed E-state index contributed by atoms with van der Waals surface area (Å²) < 4.78 is 0. The summed E-state index contributed by atoms with van der Waals surface area (Å²) in [5, 5.41) is 3.62. The molecule has 0 aliphatic heterocycles. The molecule has 0 heterocycles. The monoisotopic (exact) mass is 290 g/mol. The Balaban J connectivity index is 2.61. The molecule has 0 spiro atoms. The summed E-state index contributed by atoms with van der Waals surface area (Å²) in [5.74, 6) is 0.713. The van der Waals surface area contributed by atoms with Gasteiger partial charge in [0.25, 0.3) is 0 Å². The molecular weight excluding hydrogens is 256 g/mol. The number of hydrogen-bond acceptors (Lipinski definition) is 2. The lowest BCUT2D eigenvalue weighted by Gasteiger charge is -2.34. The van der Waals surface area contributed by atoms with E-state index in [9.17, 15) is 0 Å². The largest absolute Gasteiger partial charge is 0.374 e. The molecule has 0 radical (unpaired) electrons. The van der Waals surface area contributed by atoms with Crippen molar-refractivity contribution >= 4 is 5.69 Å². The molecule has 0 aromatic heterocycles. The van der Waals surface area contributed by atoms with Crippen molar-refractivity contribution in [3.63, 3.8) is 0 Å². The van der Waals surface area contributed by atoms with Crippen LogP contribution in [-0.2, 0) is 6.42 Å². The summed E-state index contributed by atoms with van der Waals surface area (Å²) in [4.78, 5) is 2.39. The van der Waals surface area contributed by atoms with E-state index < -0.39 is 0 Å². The van der Waals surface area contributed by atoms with Crippen LogP contribution in [0.4, 0.5) is 5.69 Å². The van der Waals surface area contributed by atoms with E-state index in [2.05, 4.69) is 76.1 Å². The highest BCUT2D eigenvalue weighted by molar-refractivity contribution is 5.47. The average Bonchev–Trinajstić information content (AvgIpc) is 2.46. The minimum atomic E-state index is 0.313. The van der Waals surface area contributed by atoms with Crippen LogP contribution in [0.15, 0.2) is 24.3 Å². The quantitative estimate of drug-likeness (QED) is 0.727. The molecule has 0 fully saturated rings. The maximum atomic E-state index is 3.62. The van der Waals surface area contributed by atoms with Gasteiger partial charge in [0.05, 0.1) is 0 Å². The number of anilines is 1. The number of rotatable bonds is 9. The SMILES string of the molecule is CCc1ccc(N(C)CC(C)(CC)CNCC(C)C)cc1. The first-order chi connectivity index (χ1) is 9.90. The summed E-state index contributed by atoms with van der Waals surface area (Å²) in [7, 11) is 2.21. The third-order valence-electron chi connectivity index (χ3n) is 4.36. The molecule has 1 rings (SSSR count). The minimum Gasteiger partial charge on any atom is -0.374 e. The fourth-order valence-electron chi connectivity index (χ4n) is 2.61. The highest BCUT2D eigenvalue weighted by Crippen LogP contribution is 2.24. The van der Waals surface area contributed by atoms with Crippen LogP contribution < -0.4 is 10.2 Å². The van der Waals surface area contributed by atoms with Crippen LogP contribution >= 0.6 is 0 Å². The Morgan fingerprint density at radius 1 is 1.14 bits per heavy atom. The standard InChI is InChI=1S/C19H34N2/c1-7-17-9-11-18(12-10-17)21(6)15-19(5,8-2)14-20-13-16(3)4/h9-12,16,20H,7-8,13-15H2,1-6H3. The van der Waals surface area contributed by atoms with E-state index in [0.717, 1.165) is 26.1 Å². The predicted octanol–water partition coefficient (Wildman–Crippen LogP) is 4.35. The van der Waals surface area contributed by atoms with Gasteiger partial charge in [-0.3, -0.25) is 0 Å². The predicted molar refractivity (Wildman–Crippen MR) is 95.2 cm³/mol. The van der Waals surface area contributed by atoms with Crippen LogP contribution in [0, 0.1) is 11.3 Å². The molecule has 2 heteroatoms. The van der Waals surface area contributed by atoms with Crippen LogP contribution in [0.5, 0.6) is 0 Å². The lowest BCUT2D eigenvalue weighted by molar-refractivity contribution is 0.294. The highest BCUT2D eigenvalue weighted by atomic mass is 15.1. The van der Waals surface area contributed by atoms with Gasteiger partial charge in [-0.05, 0) is 48.4 Å². The average molecular weight is 290 g/mol. The zero-order valence-electron chi connectivity index (χ0n) is 14.9. The van der Waals surface area contributed by atoms with Gasteiger partial charge >= 0.3 is 0 Å². The van der Waals surface area contributed by atoms with Crippen molar-refractivity contribution < 1.29 is 0 Å². The van der Waals surface area contributed by atoms with Crippen molar-refractivity contribution in [3.8, 4) is 0 Å². The Kier molecular flexibility index (Phi) is 7.24. The highest BCUT2D eigenvalue weighted by Gasteiger charge is 2.24. The maximum Gasteiger partial charge on any atom is 0.0363 e. The van der Waals surface area contributed by atoms with Gasteiger partial charge in [0.2, 0.25) is 0 Å². The lowest BCUT2D eigenvalue weighted by atomic mass is 9.86. The maximum absolute atomic E-state index is 3.62. The molecule has 2 nitrogen and oxygen atoms in total. The summed E-state index contributed by atoms with van der Waals surface area (Å²) in [6.07, 6.45) is 2.30.